The van der Waals surface area contributed by atoms with Gasteiger partial charge in [-0.3, -0.25) is 4.79 Å². The minimum atomic E-state index is -0.332. The standard InChI is InChI=1S/C21H19ClN4O2S/c1-13-10-14(22)6-7-18(13)28-12-26-9-8-17(25-26)20(27)24-21-16(11-23)15-4-2-3-5-19(15)29-21/h6-10H,2-5,12H2,1H3,(H,24,27). The Bertz CT molecular complexity index is 1110. The van der Waals surface area contributed by atoms with Crippen molar-refractivity contribution in [2.75, 3.05) is 5.32 Å². The number of hydrogen-bond acceptors (Lipinski definition) is 5. The number of nitrogens with one attached hydrogen (secondary N) is 1. The minimum absolute atomic E-state index is 0.173. The van der Waals surface area contributed by atoms with E-state index in [1.165, 1.54) is 16.2 Å². The second-order valence-corrected chi connectivity index (χ2v) is 8.45. The number of anilines is 1. The molecule has 0 saturated carbocycles. The Morgan fingerprint density at radius 1 is 1.38 bits per heavy atom. The highest BCUT2D eigenvalue weighted by Crippen LogP contribution is 2.37. The van der Waals surface area contributed by atoms with E-state index in [4.69, 9.17) is 16.3 Å². The summed E-state index contributed by atoms with van der Waals surface area (Å²) in [6.07, 6.45) is 5.78. The van der Waals surface area contributed by atoms with Crippen molar-refractivity contribution in [1.82, 2.24) is 9.78 Å². The van der Waals surface area contributed by atoms with E-state index < -0.39 is 0 Å². The molecule has 1 aliphatic rings. The third-order valence-electron chi connectivity index (χ3n) is 4.87. The maximum absolute atomic E-state index is 12.6. The number of carbonyl (C=O) groups is 1. The number of benzene rings is 1. The van der Waals surface area contributed by atoms with Crippen molar-refractivity contribution in [3.05, 3.63) is 62.7 Å². The van der Waals surface area contributed by atoms with Crippen molar-refractivity contribution in [2.24, 2.45) is 0 Å². The van der Waals surface area contributed by atoms with E-state index in [1.54, 1.807) is 29.1 Å². The molecule has 1 amide bonds. The zero-order chi connectivity index (χ0) is 20.4. The largest absolute Gasteiger partial charge is 0.471 e. The number of amides is 1. The maximum Gasteiger partial charge on any atom is 0.276 e. The third-order valence-corrected chi connectivity index (χ3v) is 6.32. The quantitative estimate of drug-likeness (QED) is 0.626. The molecule has 1 aliphatic carbocycles. The van der Waals surface area contributed by atoms with Gasteiger partial charge in [0, 0.05) is 16.1 Å². The van der Waals surface area contributed by atoms with Crippen LogP contribution in [0.3, 0.4) is 0 Å². The van der Waals surface area contributed by atoms with Gasteiger partial charge < -0.3 is 10.1 Å². The van der Waals surface area contributed by atoms with Gasteiger partial charge in [-0.15, -0.1) is 11.3 Å². The number of fused-ring (bicyclic) bond motifs is 1. The SMILES string of the molecule is Cc1cc(Cl)ccc1OCn1ccc(C(=O)Nc2sc3c(c2C#N)CCCC3)n1. The van der Waals surface area contributed by atoms with E-state index in [0.29, 0.717) is 21.3 Å². The molecule has 29 heavy (non-hydrogen) atoms. The third kappa shape index (κ3) is 4.14. The Kier molecular flexibility index (Phi) is 5.56. The van der Waals surface area contributed by atoms with Gasteiger partial charge in [0.05, 0.1) is 5.56 Å². The van der Waals surface area contributed by atoms with Gasteiger partial charge in [0.1, 0.15) is 16.8 Å². The number of nitriles is 1. The minimum Gasteiger partial charge on any atom is -0.471 e. The van der Waals surface area contributed by atoms with Crippen LogP contribution in [0.4, 0.5) is 5.00 Å². The predicted molar refractivity (Wildman–Crippen MR) is 113 cm³/mol. The van der Waals surface area contributed by atoms with E-state index in [0.717, 1.165) is 36.8 Å². The highest BCUT2D eigenvalue weighted by molar-refractivity contribution is 7.16. The first-order valence-electron chi connectivity index (χ1n) is 9.33. The molecule has 2 aromatic heterocycles. The number of ether oxygens (including phenoxy) is 1. The molecule has 0 atom stereocenters. The summed E-state index contributed by atoms with van der Waals surface area (Å²) in [5, 5.41) is 17.9. The van der Waals surface area contributed by atoms with Gasteiger partial charge in [-0.2, -0.15) is 10.4 Å². The van der Waals surface area contributed by atoms with Crippen LogP contribution in [0.2, 0.25) is 5.02 Å². The summed E-state index contributed by atoms with van der Waals surface area (Å²) in [6.45, 7) is 2.09. The molecular weight excluding hydrogens is 408 g/mol. The van der Waals surface area contributed by atoms with Gasteiger partial charge in [0.25, 0.3) is 5.91 Å². The summed E-state index contributed by atoms with van der Waals surface area (Å²) < 4.78 is 7.30. The second-order valence-electron chi connectivity index (χ2n) is 6.90. The highest BCUT2D eigenvalue weighted by Gasteiger charge is 2.22. The van der Waals surface area contributed by atoms with Crippen molar-refractivity contribution in [3.8, 4) is 11.8 Å². The lowest BCUT2D eigenvalue weighted by Gasteiger charge is -2.09. The molecule has 8 heteroatoms. The lowest BCUT2D eigenvalue weighted by Crippen LogP contribution is -2.14. The topological polar surface area (TPSA) is 79.9 Å². The van der Waals surface area contributed by atoms with Crippen LogP contribution in [0.5, 0.6) is 5.75 Å². The first-order chi connectivity index (χ1) is 14.0. The number of carbonyl (C=O) groups excluding carboxylic acids is 1. The van der Waals surface area contributed by atoms with Gasteiger partial charge in [0.2, 0.25) is 0 Å². The summed E-state index contributed by atoms with van der Waals surface area (Å²) in [5.74, 6) is 0.375. The Morgan fingerprint density at radius 3 is 3.00 bits per heavy atom. The monoisotopic (exact) mass is 426 g/mol. The molecule has 1 N–H and O–H groups in total. The van der Waals surface area contributed by atoms with E-state index in [2.05, 4.69) is 16.5 Å². The number of nitrogens with zero attached hydrogens (tertiary/aromatic N) is 3. The van der Waals surface area contributed by atoms with E-state index in [1.807, 2.05) is 13.0 Å². The summed E-state index contributed by atoms with van der Waals surface area (Å²) in [4.78, 5) is 13.8. The lowest BCUT2D eigenvalue weighted by atomic mass is 9.96. The Hall–Kier alpha value is -2.82. The summed E-state index contributed by atoms with van der Waals surface area (Å²) in [6, 6.07) is 9.28. The smallest absolute Gasteiger partial charge is 0.276 e. The van der Waals surface area contributed by atoms with Crippen molar-refractivity contribution in [3.63, 3.8) is 0 Å². The maximum atomic E-state index is 12.6. The molecule has 0 unspecified atom stereocenters. The fraction of sp³-hybridized carbons (Fsp3) is 0.286. The van der Waals surface area contributed by atoms with Crippen molar-refractivity contribution >= 4 is 33.8 Å². The van der Waals surface area contributed by atoms with Gasteiger partial charge in [0.15, 0.2) is 12.4 Å². The Morgan fingerprint density at radius 2 is 2.21 bits per heavy atom. The Balaban J connectivity index is 1.44. The fourth-order valence-corrected chi connectivity index (χ4v) is 4.87. The van der Waals surface area contributed by atoms with Crippen molar-refractivity contribution < 1.29 is 9.53 Å². The average Bonchev–Trinajstić information content (AvgIpc) is 3.31. The molecule has 0 fully saturated rings. The predicted octanol–water partition coefficient (Wildman–Crippen LogP) is 4.95. The second kappa shape index (κ2) is 8.27. The van der Waals surface area contributed by atoms with E-state index in [-0.39, 0.29) is 18.3 Å². The van der Waals surface area contributed by atoms with Crippen LogP contribution >= 0.6 is 22.9 Å². The zero-order valence-electron chi connectivity index (χ0n) is 15.9. The summed E-state index contributed by atoms with van der Waals surface area (Å²) >= 11 is 7.46. The Labute approximate surface area is 177 Å². The van der Waals surface area contributed by atoms with E-state index in [9.17, 15) is 10.1 Å². The van der Waals surface area contributed by atoms with E-state index >= 15 is 0 Å². The van der Waals surface area contributed by atoms with Gasteiger partial charge in [-0.25, -0.2) is 4.68 Å². The van der Waals surface area contributed by atoms with Crippen molar-refractivity contribution in [1.29, 1.82) is 5.26 Å². The first kappa shape index (κ1) is 19.5. The molecule has 3 aromatic rings. The normalized spacial score (nSPS) is 12.9. The molecule has 0 radical (unpaired) electrons. The molecule has 0 spiro atoms. The average molecular weight is 427 g/mol. The molecule has 148 valence electrons. The number of rotatable bonds is 5. The summed E-state index contributed by atoms with van der Waals surface area (Å²) in [5.41, 5.74) is 2.89. The van der Waals surface area contributed by atoms with Crippen molar-refractivity contribution in [2.45, 2.75) is 39.3 Å². The van der Waals surface area contributed by atoms with Crippen LogP contribution in [-0.2, 0) is 19.6 Å². The molecule has 2 heterocycles. The summed E-state index contributed by atoms with van der Waals surface area (Å²) in [7, 11) is 0. The highest BCUT2D eigenvalue weighted by atomic mass is 35.5. The van der Waals surface area contributed by atoms with Crippen LogP contribution in [-0.4, -0.2) is 15.7 Å². The molecule has 6 nitrogen and oxygen atoms in total. The fourth-order valence-electron chi connectivity index (χ4n) is 3.40. The molecule has 1 aromatic carbocycles. The number of thiophene rings is 1. The molecule has 0 bridgehead atoms. The molecular formula is C21H19ClN4O2S. The van der Waals surface area contributed by atoms with Crippen LogP contribution in [0.15, 0.2) is 30.5 Å². The lowest BCUT2D eigenvalue weighted by molar-refractivity contribution is 0.102. The van der Waals surface area contributed by atoms with Gasteiger partial charge in [-0.05, 0) is 68.0 Å². The van der Waals surface area contributed by atoms with Crippen LogP contribution in [0, 0.1) is 18.3 Å². The number of aromatic nitrogens is 2. The molecule has 4 rings (SSSR count). The number of aryl methyl sites for hydroxylation is 2. The zero-order valence-corrected chi connectivity index (χ0v) is 17.4. The van der Waals surface area contributed by atoms with Gasteiger partial charge >= 0.3 is 0 Å². The number of hydrogen-bond donors (Lipinski definition) is 1. The van der Waals surface area contributed by atoms with Gasteiger partial charge in [-0.1, -0.05) is 11.6 Å². The van der Waals surface area contributed by atoms with Crippen LogP contribution < -0.4 is 10.1 Å². The van der Waals surface area contributed by atoms with Crippen LogP contribution in [0.1, 0.15) is 44.9 Å². The molecule has 0 aliphatic heterocycles. The van der Waals surface area contributed by atoms with Crippen LogP contribution in [0.25, 0.3) is 0 Å². The molecule has 0 saturated heterocycles. The first-order valence-corrected chi connectivity index (χ1v) is 10.5. The number of halogens is 1.